The van der Waals surface area contributed by atoms with Crippen LogP contribution >= 0.6 is 47.8 Å². The number of carbonyl (C=O) groups excluding carboxylic acids is 1. The molecule has 0 radical (unpaired) electrons. The predicted molar refractivity (Wildman–Crippen MR) is 124 cm³/mol. The summed E-state index contributed by atoms with van der Waals surface area (Å²) < 4.78 is 22.7. The second kappa shape index (κ2) is 11.0. The van der Waals surface area contributed by atoms with Crippen molar-refractivity contribution in [2.24, 2.45) is 0 Å². The highest BCUT2D eigenvalue weighted by atomic mass is 79.9. The van der Waals surface area contributed by atoms with Gasteiger partial charge in [0.2, 0.25) is 0 Å². The van der Waals surface area contributed by atoms with E-state index in [0.29, 0.717) is 19.5 Å². The lowest BCUT2D eigenvalue weighted by molar-refractivity contribution is 0.102. The Kier molecular flexibility index (Phi) is 9.04. The highest BCUT2D eigenvalue weighted by molar-refractivity contribution is 9.11. The van der Waals surface area contributed by atoms with Crippen LogP contribution in [0.5, 0.6) is 5.75 Å². The fourth-order valence-corrected chi connectivity index (χ4v) is 3.97. The van der Waals surface area contributed by atoms with E-state index in [0.717, 1.165) is 10.0 Å². The van der Waals surface area contributed by atoms with Gasteiger partial charge in [0.05, 0.1) is 10.0 Å². The lowest BCUT2D eigenvalue weighted by atomic mass is 10.2. The number of benzene rings is 3. The van der Waals surface area contributed by atoms with Crippen LogP contribution in [-0.2, 0) is 11.1 Å². The molecule has 0 fully saturated rings. The minimum atomic E-state index is -2.09. The van der Waals surface area contributed by atoms with Gasteiger partial charge in [0.15, 0.2) is 0 Å². The summed E-state index contributed by atoms with van der Waals surface area (Å²) >= 11 is 7.71. The standard InChI is InChI=1S/C13H8Br3NO2.C7H8O2S/c14-7-1-3-9(4-2-7)17-13(19)10-5-8(15)6-11(16)12(10)18;1-6-2-4-7(5-3-6)10(8)9/h1-6,18H,(H,17,19);2-5H,1H3,(H,8,9)/p-1. The second-order valence-electron chi connectivity index (χ2n) is 5.79. The van der Waals surface area contributed by atoms with Gasteiger partial charge in [-0.3, -0.25) is 9.00 Å². The van der Waals surface area contributed by atoms with E-state index in [1.165, 1.54) is 0 Å². The molecule has 29 heavy (non-hydrogen) atoms. The molecule has 1 amide bonds. The third-order valence-electron chi connectivity index (χ3n) is 3.59. The van der Waals surface area contributed by atoms with Gasteiger partial charge in [-0.25, -0.2) is 0 Å². The Labute approximate surface area is 196 Å². The van der Waals surface area contributed by atoms with Crippen molar-refractivity contribution in [1.82, 2.24) is 0 Å². The number of phenolic OH excluding ortho intramolecular Hbond substituents is 1. The number of carbonyl (C=O) groups is 1. The van der Waals surface area contributed by atoms with Gasteiger partial charge in [-0.1, -0.05) is 49.6 Å². The summed E-state index contributed by atoms with van der Waals surface area (Å²) in [6, 6.07) is 17.1. The van der Waals surface area contributed by atoms with Gasteiger partial charge in [-0.15, -0.1) is 0 Å². The molecule has 0 aliphatic heterocycles. The molecule has 152 valence electrons. The van der Waals surface area contributed by atoms with Crippen LogP contribution in [0.4, 0.5) is 5.69 Å². The molecule has 5 nitrogen and oxygen atoms in total. The number of aromatic hydroxyl groups is 1. The predicted octanol–water partition coefficient (Wildman–Crippen LogP) is 6.17. The van der Waals surface area contributed by atoms with Gasteiger partial charge in [-0.05, 0) is 82.5 Å². The molecule has 9 heteroatoms. The van der Waals surface area contributed by atoms with Gasteiger partial charge in [0, 0.05) is 19.5 Å². The Morgan fingerprint density at radius 1 is 0.966 bits per heavy atom. The van der Waals surface area contributed by atoms with Crippen LogP contribution in [0.1, 0.15) is 15.9 Å². The van der Waals surface area contributed by atoms with Crippen LogP contribution in [-0.4, -0.2) is 19.8 Å². The van der Waals surface area contributed by atoms with Crippen LogP contribution in [0, 0.1) is 6.92 Å². The molecule has 3 aromatic carbocycles. The Balaban J connectivity index is 0.000000253. The van der Waals surface area contributed by atoms with E-state index >= 15 is 0 Å². The molecule has 0 spiro atoms. The van der Waals surface area contributed by atoms with E-state index in [9.17, 15) is 18.7 Å². The molecule has 1 atom stereocenters. The number of nitrogens with one attached hydrogen (secondary N) is 1. The van der Waals surface area contributed by atoms with E-state index in [2.05, 4.69) is 53.1 Å². The SMILES string of the molecule is Cc1ccc(S(=O)[O-])cc1.O=C(Nc1ccc(Br)cc1)c1cc(Br)cc(Br)c1O. The zero-order valence-corrected chi connectivity index (χ0v) is 20.6. The average Bonchev–Trinajstić information content (AvgIpc) is 2.67. The topological polar surface area (TPSA) is 89.5 Å². The van der Waals surface area contributed by atoms with Gasteiger partial charge in [0.1, 0.15) is 5.75 Å². The van der Waals surface area contributed by atoms with Crippen molar-refractivity contribution in [2.75, 3.05) is 5.32 Å². The smallest absolute Gasteiger partial charge is 0.259 e. The van der Waals surface area contributed by atoms with E-state index in [1.54, 1.807) is 48.5 Å². The Hall–Kier alpha value is -1.52. The third kappa shape index (κ3) is 7.35. The zero-order valence-electron chi connectivity index (χ0n) is 15.0. The number of aryl methyl sites for hydroxylation is 1. The first kappa shape index (κ1) is 23.8. The van der Waals surface area contributed by atoms with Crippen molar-refractivity contribution < 1.29 is 18.7 Å². The van der Waals surface area contributed by atoms with Crippen molar-refractivity contribution in [3.8, 4) is 5.75 Å². The summed E-state index contributed by atoms with van der Waals surface area (Å²) in [4.78, 5) is 12.4. The summed E-state index contributed by atoms with van der Waals surface area (Å²) in [6.45, 7) is 1.91. The highest BCUT2D eigenvalue weighted by Gasteiger charge is 2.15. The molecular formula is C20H15Br3NO4S-. The first-order valence-electron chi connectivity index (χ1n) is 8.08. The molecule has 0 saturated carbocycles. The summed E-state index contributed by atoms with van der Waals surface area (Å²) in [7, 11) is 0. The van der Waals surface area contributed by atoms with Gasteiger partial charge < -0.3 is 15.0 Å². The van der Waals surface area contributed by atoms with E-state index in [4.69, 9.17) is 0 Å². The summed E-state index contributed by atoms with van der Waals surface area (Å²) in [5.74, 6) is -0.459. The minimum Gasteiger partial charge on any atom is -0.768 e. The van der Waals surface area contributed by atoms with Crippen LogP contribution in [0.2, 0.25) is 0 Å². The van der Waals surface area contributed by atoms with E-state index in [1.807, 2.05) is 19.1 Å². The third-order valence-corrected chi connectivity index (χ3v) is 5.84. The Bertz CT molecular complexity index is 1030. The lowest BCUT2D eigenvalue weighted by Crippen LogP contribution is -2.12. The van der Waals surface area contributed by atoms with Gasteiger partial charge >= 0.3 is 0 Å². The number of halogens is 3. The quantitative estimate of drug-likeness (QED) is 0.350. The largest absolute Gasteiger partial charge is 0.768 e. The molecule has 0 heterocycles. The number of phenols is 1. The van der Waals surface area contributed by atoms with Gasteiger partial charge in [-0.2, -0.15) is 0 Å². The molecule has 0 aliphatic rings. The average molecular weight is 605 g/mol. The van der Waals surface area contributed by atoms with Crippen LogP contribution in [0.3, 0.4) is 0 Å². The number of amides is 1. The fraction of sp³-hybridized carbons (Fsp3) is 0.0500. The van der Waals surface area contributed by atoms with Crippen molar-refractivity contribution in [3.63, 3.8) is 0 Å². The first-order chi connectivity index (χ1) is 13.7. The van der Waals surface area contributed by atoms with Crippen LogP contribution in [0.15, 0.2) is 79.0 Å². The van der Waals surface area contributed by atoms with Crippen molar-refractivity contribution in [2.45, 2.75) is 11.8 Å². The Morgan fingerprint density at radius 3 is 2.10 bits per heavy atom. The minimum absolute atomic E-state index is 0.0854. The molecule has 1 unspecified atom stereocenters. The van der Waals surface area contributed by atoms with Crippen LogP contribution < -0.4 is 5.32 Å². The Morgan fingerprint density at radius 2 is 1.55 bits per heavy atom. The molecule has 0 aliphatic carbocycles. The van der Waals surface area contributed by atoms with E-state index < -0.39 is 11.1 Å². The maximum absolute atomic E-state index is 12.1. The molecule has 0 bridgehead atoms. The molecule has 3 rings (SSSR count). The number of rotatable bonds is 3. The molecule has 3 aromatic rings. The van der Waals surface area contributed by atoms with Crippen molar-refractivity contribution in [3.05, 3.63) is 85.2 Å². The second-order valence-corrected chi connectivity index (χ2v) is 9.42. The molecule has 0 saturated heterocycles. The normalized spacial score (nSPS) is 11.2. The molecule has 2 N–H and O–H groups in total. The summed E-state index contributed by atoms with van der Waals surface area (Å²) in [6.07, 6.45) is 0. The summed E-state index contributed by atoms with van der Waals surface area (Å²) in [5.41, 5.74) is 1.92. The van der Waals surface area contributed by atoms with Crippen molar-refractivity contribution >= 4 is 70.5 Å². The number of anilines is 1. The van der Waals surface area contributed by atoms with Gasteiger partial charge in [0.25, 0.3) is 5.91 Å². The maximum Gasteiger partial charge on any atom is 0.259 e. The van der Waals surface area contributed by atoms with Crippen LogP contribution in [0.25, 0.3) is 0 Å². The molecular weight excluding hydrogens is 590 g/mol. The van der Waals surface area contributed by atoms with E-state index in [-0.39, 0.29) is 17.2 Å². The molecule has 0 aromatic heterocycles. The maximum atomic E-state index is 12.1. The number of hydrogen-bond acceptors (Lipinski definition) is 4. The number of hydrogen-bond donors (Lipinski definition) is 2. The lowest BCUT2D eigenvalue weighted by Gasteiger charge is -2.09. The summed E-state index contributed by atoms with van der Waals surface area (Å²) in [5, 5.41) is 12.6. The zero-order chi connectivity index (χ0) is 21.6. The monoisotopic (exact) mass is 602 g/mol. The fourth-order valence-electron chi connectivity index (χ4n) is 2.12. The first-order valence-corrected chi connectivity index (χ1v) is 11.5. The highest BCUT2D eigenvalue weighted by Crippen LogP contribution is 2.32. The van der Waals surface area contributed by atoms with Crippen molar-refractivity contribution in [1.29, 1.82) is 0 Å².